The molecule has 1 saturated carbocycles. The number of likely N-dealkylation sites (N-methyl/N-ethyl adjacent to an activating group) is 1. The minimum Gasteiger partial charge on any atom is -0.335 e. The van der Waals surface area contributed by atoms with Gasteiger partial charge in [0.15, 0.2) is 0 Å². The maximum absolute atomic E-state index is 12.2. The Balaban J connectivity index is 1.79. The molecule has 5 nitrogen and oxygen atoms in total. The Hall–Kier alpha value is -1.47. The average Bonchev–Trinajstić information content (AvgIpc) is 2.86. The van der Waals surface area contributed by atoms with Crippen molar-refractivity contribution in [2.75, 3.05) is 26.7 Å². The number of rotatable bonds is 3. The Morgan fingerprint density at radius 1 is 1.23 bits per heavy atom. The third-order valence-corrected chi connectivity index (χ3v) is 4.50. The molecule has 2 fully saturated rings. The number of halogens is 3. The monoisotopic (exact) mass is 321 g/mol. The van der Waals surface area contributed by atoms with E-state index >= 15 is 0 Å². The van der Waals surface area contributed by atoms with Crippen LogP contribution in [0.2, 0.25) is 0 Å². The molecule has 2 aliphatic rings. The quantitative estimate of drug-likeness (QED) is 0.864. The second kappa shape index (κ2) is 6.75. The number of nitrogens with one attached hydrogen (secondary N) is 1. The van der Waals surface area contributed by atoms with Crippen LogP contribution in [0.4, 0.5) is 18.0 Å². The van der Waals surface area contributed by atoms with Gasteiger partial charge in [-0.1, -0.05) is 12.8 Å². The fraction of sp³-hybridized carbons (Fsp3) is 0.857. The fourth-order valence-electron chi connectivity index (χ4n) is 3.40. The van der Waals surface area contributed by atoms with Gasteiger partial charge in [0.05, 0.1) is 6.54 Å². The van der Waals surface area contributed by atoms with Crippen LogP contribution in [0.15, 0.2) is 0 Å². The molecule has 0 unspecified atom stereocenters. The summed E-state index contributed by atoms with van der Waals surface area (Å²) in [5.41, 5.74) is 0. The summed E-state index contributed by atoms with van der Waals surface area (Å²) in [6.45, 7) is -1.05. The van der Waals surface area contributed by atoms with Gasteiger partial charge in [-0.3, -0.25) is 4.79 Å². The molecule has 0 aromatic rings. The lowest BCUT2D eigenvalue weighted by molar-refractivity contribution is -0.157. The van der Waals surface area contributed by atoms with Gasteiger partial charge in [0.2, 0.25) is 5.91 Å². The van der Waals surface area contributed by atoms with E-state index in [9.17, 15) is 22.8 Å². The Morgan fingerprint density at radius 3 is 2.59 bits per heavy atom. The molecule has 3 amide bonds. The molecule has 22 heavy (non-hydrogen) atoms. The van der Waals surface area contributed by atoms with E-state index in [0.29, 0.717) is 17.4 Å². The van der Waals surface area contributed by atoms with Crippen LogP contribution >= 0.6 is 0 Å². The van der Waals surface area contributed by atoms with Crippen LogP contribution in [0.3, 0.4) is 0 Å². The van der Waals surface area contributed by atoms with E-state index in [1.54, 1.807) is 4.90 Å². The zero-order chi connectivity index (χ0) is 16.3. The van der Waals surface area contributed by atoms with Crippen LogP contribution in [0.5, 0.6) is 0 Å². The Labute approximate surface area is 127 Å². The van der Waals surface area contributed by atoms with Gasteiger partial charge in [-0.15, -0.1) is 0 Å². The van der Waals surface area contributed by atoms with Crippen LogP contribution in [-0.2, 0) is 4.79 Å². The van der Waals surface area contributed by atoms with E-state index in [4.69, 9.17) is 0 Å². The number of hydrogen-bond acceptors (Lipinski definition) is 2. The highest BCUT2D eigenvalue weighted by molar-refractivity contribution is 5.84. The van der Waals surface area contributed by atoms with Crippen molar-refractivity contribution in [3.8, 4) is 0 Å². The van der Waals surface area contributed by atoms with E-state index in [-0.39, 0.29) is 12.1 Å². The van der Waals surface area contributed by atoms with Crippen molar-refractivity contribution in [3.05, 3.63) is 0 Å². The summed E-state index contributed by atoms with van der Waals surface area (Å²) in [6, 6.07) is -0.125. The highest BCUT2D eigenvalue weighted by atomic mass is 19.4. The topological polar surface area (TPSA) is 52.7 Å². The van der Waals surface area contributed by atoms with Gasteiger partial charge in [-0.05, 0) is 25.2 Å². The predicted molar refractivity (Wildman–Crippen MR) is 74.2 cm³/mol. The van der Waals surface area contributed by atoms with E-state index in [1.807, 2.05) is 0 Å². The first-order valence-corrected chi connectivity index (χ1v) is 7.63. The van der Waals surface area contributed by atoms with Crippen molar-refractivity contribution in [2.45, 2.75) is 44.3 Å². The lowest BCUT2D eigenvalue weighted by Gasteiger charge is -2.31. The average molecular weight is 321 g/mol. The van der Waals surface area contributed by atoms with Crippen molar-refractivity contribution in [1.29, 1.82) is 0 Å². The number of alkyl halides is 3. The first-order valence-electron chi connectivity index (χ1n) is 7.63. The van der Waals surface area contributed by atoms with Gasteiger partial charge < -0.3 is 15.1 Å². The number of hydrogen-bond donors (Lipinski definition) is 1. The number of amides is 3. The predicted octanol–water partition coefficient (Wildman–Crippen LogP) is 1.98. The van der Waals surface area contributed by atoms with Gasteiger partial charge in [-0.25, -0.2) is 4.79 Å². The van der Waals surface area contributed by atoms with Crippen LogP contribution in [0, 0.1) is 5.92 Å². The summed E-state index contributed by atoms with van der Waals surface area (Å²) in [7, 11) is 1.08. The standard InChI is InChI=1S/C14H22F3N3O2/c1-19(9-14(15,16)17)12(21)8-18-13(22)20-7-6-10-4-2-3-5-11(10)20/h10-11H,2-9H2,1H3,(H,18,22)/t10-,11+/m0/s1. The van der Waals surface area contributed by atoms with Gasteiger partial charge in [0, 0.05) is 19.6 Å². The normalized spacial score (nSPS) is 24.8. The molecule has 1 saturated heterocycles. The number of nitrogens with zero attached hydrogens (tertiary/aromatic N) is 2. The highest BCUT2D eigenvalue weighted by Crippen LogP contribution is 2.35. The minimum atomic E-state index is -4.43. The molecule has 0 radical (unpaired) electrons. The molecular formula is C14H22F3N3O2. The summed E-state index contributed by atoms with van der Waals surface area (Å²) in [5.74, 6) is -0.215. The molecule has 2 rings (SSSR count). The second-order valence-corrected chi connectivity index (χ2v) is 6.12. The van der Waals surface area contributed by atoms with Gasteiger partial charge in [0.1, 0.15) is 6.54 Å². The molecule has 126 valence electrons. The smallest absolute Gasteiger partial charge is 0.335 e. The maximum atomic E-state index is 12.2. The molecular weight excluding hydrogens is 299 g/mol. The molecule has 1 aliphatic heterocycles. The molecule has 0 aromatic heterocycles. The van der Waals surface area contributed by atoms with Crippen molar-refractivity contribution >= 4 is 11.9 Å². The van der Waals surface area contributed by atoms with Gasteiger partial charge in [-0.2, -0.15) is 13.2 Å². The Bertz CT molecular complexity index is 428. The van der Waals surface area contributed by atoms with Crippen molar-refractivity contribution in [1.82, 2.24) is 15.1 Å². The van der Waals surface area contributed by atoms with Crippen LogP contribution in [0.25, 0.3) is 0 Å². The molecule has 2 atom stereocenters. The zero-order valence-electron chi connectivity index (χ0n) is 12.7. The Kier molecular flexibility index (Phi) is 5.18. The third-order valence-electron chi connectivity index (χ3n) is 4.50. The molecule has 8 heteroatoms. The third kappa shape index (κ3) is 4.27. The fourth-order valence-corrected chi connectivity index (χ4v) is 3.40. The highest BCUT2D eigenvalue weighted by Gasteiger charge is 2.38. The van der Waals surface area contributed by atoms with Gasteiger partial charge >= 0.3 is 12.2 Å². The summed E-state index contributed by atoms with van der Waals surface area (Å²) < 4.78 is 36.6. The maximum Gasteiger partial charge on any atom is 0.406 e. The van der Waals surface area contributed by atoms with Gasteiger partial charge in [0.25, 0.3) is 0 Å². The van der Waals surface area contributed by atoms with Crippen molar-refractivity contribution < 1.29 is 22.8 Å². The largest absolute Gasteiger partial charge is 0.406 e. The number of carbonyl (C=O) groups is 2. The number of likely N-dealkylation sites (tertiary alicyclic amines) is 1. The molecule has 1 aliphatic carbocycles. The zero-order valence-corrected chi connectivity index (χ0v) is 12.7. The van der Waals surface area contributed by atoms with Crippen LogP contribution in [0.1, 0.15) is 32.1 Å². The van der Waals surface area contributed by atoms with Crippen LogP contribution < -0.4 is 5.32 Å². The number of carbonyl (C=O) groups excluding carboxylic acids is 2. The first-order chi connectivity index (χ1) is 10.3. The minimum absolute atomic E-state index is 0.219. The summed E-state index contributed by atoms with van der Waals surface area (Å²) in [6.07, 6.45) is 0.927. The summed E-state index contributed by atoms with van der Waals surface area (Å²) in [5, 5.41) is 2.45. The van der Waals surface area contributed by atoms with Crippen molar-refractivity contribution in [2.24, 2.45) is 5.92 Å². The SMILES string of the molecule is CN(CC(F)(F)F)C(=O)CNC(=O)N1CC[C@@H]2CCCC[C@H]21. The van der Waals surface area contributed by atoms with E-state index in [1.165, 1.54) is 6.42 Å². The molecule has 0 spiro atoms. The number of urea groups is 1. The second-order valence-electron chi connectivity index (χ2n) is 6.12. The molecule has 1 N–H and O–H groups in total. The molecule has 0 aromatic carbocycles. The van der Waals surface area contributed by atoms with Crippen LogP contribution in [-0.4, -0.2) is 60.6 Å². The number of fused-ring (bicyclic) bond motifs is 1. The van der Waals surface area contributed by atoms with E-state index in [2.05, 4.69) is 5.32 Å². The molecule has 0 bridgehead atoms. The van der Waals surface area contributed by atoms with E-state index in [0.717, 1.165) is 32.7 Å². The van der Waals surface area contributed by atoms with E-state index < -0.39 is 25.2 Å². The lowest BCUT2D eigenvalue weighted by atomic mass is 9.85. The first kappa shape index (κ1) is 16.9. The lowest BCUT2D eigenvalue weighted by Crippen LogP contribution is -2.48. The summed E-state index contributed by atoms with van der Waals surface area (Å²) >= 11 is 0. The summed E-state index contributed by atoms with van der Waals surface area (Å²) in [4.78, 5) is 26.1. The Morgan fingerprint density at radius 2 is 1.91 bits per heavy atom. The van der Waals surface area contributed by atoms with Crippen molar-refractivity contribution in [3.63, 3.8) is 0 Å². The molecule has 1 heterocycles.